The molecule has 2 aromatic carbocycles. The Balaban J connectivity index is 1.46. The van der Waals surface area contributed by atoms with Gasteiger partial charge in [-0.3, -0.25) is 9.59 Å². The van der Waals surface area contributed by atoms with Crippen molar-refractivity contribution >= 4 is 11.7 Å². The zero-order valence-corrected chi connectivity index (χ0v) is 16.1. The van der Waals surface area contributed by atoms with Gasteiger partial charge in [0.1, 0.15) is 5.82 Å². The van der Waals surface area contributed by atoms with E-state index in [1.165, 1.54) is 20.1 Å². The van der Waals surface area contributed by atoms with E-state index in [-0.39, 0.29) is 23.5 Å². The standard InChI is InChI=1S/C22H24FNO4/c1-14(25)15-6-10-20(21(13-15)27-2)28-11-3-4-22(26)24-19-9-5-16-12-17(23)7-8-18(16)19/h6-8,10,12-13,19H,3-5,9,11H2,1-2H3,(H,24,26). The number of rotatable bonds is 8. The van der Waals surface area contributed by atoms with Crippen LogP contribution in [0.5, 0.6) is 11.5 Å². The molecule has 1 atom stereocenters. The minimum absolute atomic E-state index is 0.0438. The predicted molar refractivity (Wildman–Crippen MR) is 103 cm³/mol. The number of hydrogen-bond acceptors (Lipinski definition) is 4. The van der Waals surface area contributed by atoms with E-state index >= 15 is 0 Å². The molecule has 0 heterocycles. The summed E-state index contributed by atoms with van der Waals surface area (Å²) in [4.78, 5) is 23.7. The zero-order chi connectivity index (χ0) is 20.1. The molecule has 0 aromatic heterocycles. The first-order chi connectivity index (χ1) is 13.5. The Morgan fingerprint density at radius 2 is 2.00 bits per heavy atom. The molecule has 1 amide bonds. The van der Waals surface area contributed by atoms with Crippen LogP contribution in [0.15, 0.2) is 36.4 Å². The summed E-state index contributed by atoms with van der Waals surface area (Å²) in [7, 11) is 1.52. The molecule has 3 rings (SSSR count). The Kier molecular flexibility index (Phi) is 6.29. The van der Waals surface area contributed by atoms with Crippen LogP contribution >= 0.6 is 0 Å². The van der Waals surface area contributed by atoms with Crippen LogP contribution in [0.3, 0.4) is 0 Å². The number of carbonyl (C=O) groups excluding carboxylic acids is 2. The first kappa shape index (κ1) is 19.9. The quantitative estimate of drug-likeness (QED) is 0.551. The molecule has 148 valence electrons. The maximum absolute atomic E-state index is 13.3. The van der Waals surface area contributed by atoms with E-state index in [0.29, 0.717) is 36.5 Å². The number of ether oxygens (including phenoxy) is 2. The van der Waals surface area contributed by atoms with Crippen LogP contribution in [0, 0.1) is 5.82 Å². The number of amides is 1. The molecule has 6 heteroatoms. The minimum Gasteiger partial charge on any atom is -0.493 e. The molecule has 0 bridgehead atoms. The monoisotopic (exact) mass is 385 g/mol. The summed E-state index contributed by atoms with van der Waals surface area (Å²) in [5.41, 5.74) is 2.52. The van der Waals surface area contributed by atoms with Crippen molar-refractivity contribution in [3.63, 3.8) is 0 Å². The van der Waals surface area contributed by atoms with E-state index in [9.17, 15) is 14.0 Å². The van der Waals surface area contributed by atoms with Crippen LogP contribution in [0.4, 0.5) is 4.39 Å². The van der Waals surface area contributed by atoms with Gasteiger partial charge in [-0.2, -0.15) is 0 Å². The molecule has 0 aliphatic heterocycles. The Labute approximate surface area is 163 Å². The van der Waals surface area contributed by atoms with Gasteiger partial charge in [0, 0.05) is 12.0 Å². The van der Waals surface area contributed by atoms with E-state index in [0.717, 1.165) is 24.0 Å². The summed E-state index contributed by atoms with van der Waals surface area (Å²) in [6.07, 6.45) is 2.45. The predicted octanol–water partition coefficient (Wildman–Crippen LogP) is 4.00. The van der Waals surface area contributed by atoms with Gasteiger partial charge in [-0.25, -0.2) is 4.39 Å². The van der Waals surface area contributed by atoms with Gasteiger partial charge in [-0.1, -0.05) is 6.07 Å². The summed E-state index contributed by atoms with van der Waals surface area (Å²) < 4.78 is 24.2. The largest absolute Gasteiger partial charge is 0.493 e. The van der Waals surface area contributed by atoms with Gasteiger partial charge in [0.05, 0.1) is 19.8 Å². The van der Waals surface area contributed by atoms with E-state index in [1.807, 2.05) is 0 Å². The molecule has 1 aliphatic carbocycles. The summed E-state index contributed by atoms with van der Waals surface area (Å²) >= 11 is 0. The maximum atomic E-state index is 13.3. The Hall–Kier alpha value is -2.89. The number of hydrogen-bond donors (Lipinski definition) is 1. The first-order valence-electron chi connectivity index (χ1n) is 9.37. The molecule has 2 aromatic rings. The van der Waals surface area contributed by atoms with E-state index in [4.69, 9.17) is 9.47 Å². The number of aryl methyl sites for hydroxylation is 1. The van der Waals surface area contributed by atoms with E-state index < -0.39 is 0 Å². The number of nitrogens with one attached hydrogen (secondary N) is 1. The topological polar surface area (TPSA) is 64.6 Å². The van der Waals surface area contributed by atoms with Crippen LogP contribution in [-0.2, 0) is 11.2 Å². The number of ketones is 1. The maximum Gasteiger partial charge on any atom is 0.220 e. The fourth-order valence-corrected chi connectivity index (χ4v) is 3.42. The average molecular weight is 385 g/mol. The lowest BCUT2D eigenvalue weighted by Crippen LogP contribution is -2.27. The molecule has 0 fully saturated rings. The van der Waals surface area contributed by atoms with Crippen molar-refractivity contribution in [2.75, 3.05) is 13.7 Å². The second kappa shape index (κ2) is 8.87. The van der Waals surface area contributed by atoms with Crippen LogP contribution < -0.4 is 14.8 Å². The normalized spacial score (nSPS) is 15.0. The van der Waals surface area contributed by atoms with Crippen molar-refractivity contribution in [3.05, 3.63) is 58.9 Å². The molecule has 1 aliphatic rings. The van der Waals surface area contributed by atoms with E-state index in [1.54, 1.807) is 30.3 Å². The van der Waals surface area contributed by atoms with Crippen LogP contribution in [0.25, 0.3) is 0 Å². The highest BCUT2D eigenvalue weighted by Gasteiger charge is 2.24. The summed E-state index contributed by atoms with van der Waals surface area (Å²) in [5, 5.41) is 3.02. The molecule has 0 saturated heterocycles. The van der Waals surface area contributed by atoms with Crippen molar-refractivity contribution in [3.8, 4) is 11.5 Å². The lowest BCUT2D eigenvalue weighted by Gasteiger charge is -2.15. The molecule has 0 radical (unpaired) electrons. The molecule has 0 saturated carbocycles. The van der Waals surface area contributed by atoms with Crippen LogP contribution in [0.1, 0.15) is 53.7 Å². The lowest BCUT2D eigenvalue weighted by molar-refractivity contribution is -0.122. The third-order valence-corrected chi connectivity index (χ3v) is 4.89. The van der Waals surface area contributed by atoms with Gasteiger partial charge >= 0.3 is 0 Å². The minimum atomic E-state index is -0.241. The smallest absolute Gasteiger partial charge is 0.220 e. The average Bonchev–Trinajstić information content (AvgIpc) is 3.06. The molecule has 5 nitrogen and oxygen atoms in total. The highest BCUT2D eigenvalue weighted by molar-refractivity contribution is 5.94. The second-order valence-corrected chi connectivity index (χ2v) is 6.88. The Morgan fingerprint density at radius 1 is 1.18 bits per heavy atom. The number of carbonyl (C=O) groups is 2. The van der Waals surface area contributed by atoms with Crippen molar-refractivity contribution < 1.29 is 23.5 Å². The highest BCUT2D eigenvalue weighted by atomic mass is 19.1. The Morgan fingerprint density at radius 3 is 2.75 bits per heavy atom. The third kappa shape index (κ3) is 4.68. The van der Waals surface area contributed by atoms with Gasteiger partial charge in [0.15, 0.2) is 17.3 Å². The van der Waals surface area contributed by atoms with Gasteiger partial charge in [0.2, 0.25) is 5.91 Å². The number of halogens is 1. The summed E-state index contributed by atoms with van der Waals surface area (Å²) in [5.74, 6) is 0.698. The first-order valence-corrected chi connectivity index (χ1v) is 9.37. The van der Waals surface area contributed by atoms with Crippen LogP contribution in [0.2, 0.25) is 0 Å². The molecule has 1 N–H and O–H groups in total. The van der Waals surface area contributed by atoms with E-state index in [2.05, 4.69) is 5.32 Å². The number of Topliss-reactive ketones (excluding diaryl/α,β-unsaturated/α-hetero) is 1. The second-order valence-electron chi connectivity index (χ2n) is 6.88. The number of methoxy groups -OCH3 is 1. The molecule has 28 heavy (non-hydrogen) atoms. The highest BCUT2D eigenvalue weighted by Crippen LogP contribution is 2.31. The molecular formula is C22H24FNO4. The van der Waals surface area contributed by atoms with Gasteiger partial charge < -0.3 is 14.8 Å². The van der Waals surface area contributed by atoms with Crippen molar-refractivity contribution in [1.29, 1.82) is 0 Å². The fraction of sp³-hybridized carbons (Fsp3) is 0.364. The van der Waals surface area contributed by atoms with Crippen molar-refractivity contribution in [1.82, 2.24) is 5.32 Å². The number of benzene rings is 2. The summed E-state index contributed by atoms with van der Waals surface area (Å²) in [6.45, 7) is 1.85. The summed E-state index contributed by atoms with van der Waals surface area (Å²) in [6, 6.07) is 9.70. The van der Waals surface area contributed by atoms with Gasteiger partial charge in [0.25, 0.3) is 0 Å². The SMILES string of the molecule is COc1cc(C(C)=O)ccc1OCCCC(=O)NC1CCc2cc(F)ccc21. The lowest BCUT2D eigenvalue weighted by atomic mass is 10.1. The van der Waals surface area contributed by atoms with Crippen molar-refractivity contribution in [2.45, 2.75) is 38.6 Å². The number of fused-ring (bicyclic) bond motifs is 1. The fourth-order valence-electron chi connectivity index (χ4n) is 3.42. The van der Waals surface area contributed by atoms with Crippen LogP contribution in [-0.4, -0.2) is 25.4 Å². The van der Waals surface area contributed by atoms with Crippen molar-refractivity contribution in [2.24, 2.45) is 0 Å². The molecular weight excluding hydrogens is 361 g/mol. The third-order valence-electron chi connectivity index (χ3n) is 4.89. The van der Waals surface area contributed by atoms with Gasteiger partial charge in [-0.05, 0) is 67.6 Å². The Bertz CT molecular complexity index is 881. The zero-order valence-electron chi connectivity index (χ0n) is 16.1. The molecule has 0 spiro atoms. The van der Waals surface area contributed by atoms with Gasteiger partial charge in [-0.15, -0.1) is 0 Å². The molecule has 1 unspecified atom stereocenters.